The van der Waals surface area contributed by atoms with Gasteiger partial charge in [-0.3, -0.25) is 0 Å². The van der Waals surface area contributed by atoms with Crippen molar-refractivity contribution in [3.05, 3.63) is 11.6 Å². The minimum absolute atomic E-state index is 0.299. The predicted molar refractivity (Wildman–Crippen MR) is 47.3 cm³/mol. The minimum Gasteiger partial charge on any atom is -0.396 e. The zero-order valence-electron chi connectivity index (χ0n) is 7.72. The third kappa shape index (κ3) is 1.64. The van der Waals surface area contributed by atoms with Gasteiger partial charge in [-0.25, -0.2) is 0 Å². The van der Waals surface area contributed by atoms with E-state index >= 15 is 0 Å². The average molecular weight is 154 g/mol. The lowest BCUT2D eigenvalue weighted by Gasteiger charge is -2.37. The third-order valence-electron chi connectivity index (χ3n) is 2.93. The average Bonchev–Trinajstić information content (AvgIpc) is 1.86. The van der Waals surface area contributed by atoms with Crippen LogP contribution in [0.4, 0.5) is 0 Å². The molecule has 1 atom stereocenters. The quantitative estimate of drug-likeness (QED) is 0.575. The fourth-order valence-corrected chi connectivity index (χ4v) is 2.00. The van der Waals surface area contributed by atoms with Gasteiger partial charge in [0, 0.05) is 5.92 Å². The molecule has 1 N–H and O–H groups in total. The van der Waals surface area contributed by atoms with Gasteiger partial charge in [0.1, 0.15) is 0 Å². The Morgan fingerprint density at radius 1 is 1.64 bits per heavy atom. The standard InChI is InChI=1S/C10H18O/c1-8-5-4-6-10(2,3)9(8)7-11/h5,9,11H,4,6-7H2,1-3H3. The lowest BCUT2D eigenvalue weighted by molar-refractivity contribution is 0.128. The lowest BCUT2D eigenvalue weighted by Crippen LogP contribution is -2.30. The summed E-state index contributed by atoms with van der Waals surface area (Å²) in [5.41, 5.74) is 1.66. The van der Waals surface area contributed by atoms with Gasteiger partial charge in [-0.1, -0.05) is 25.5 Å². The largest absolute Gasteiger partial charge is 0.396 e. The maximum absolute atomic E-state index is 9.16. The highest BCUT2D eigenvalue weighted by molar-refractivity contribution is 5.11. The van der Waals surface area contributed by atoms with Crippen LogP contribution in [-0.4, -0.2) is 11.7 Å². The molecule has 0 aromatic heterocycles. The van der Waals surface area contributed by atoms with Gasteiger partial charge in [-0.05, 0) is 25.2 Å². The summed E-state index contributed by atoms with van der Waals surface area (Å²) in [5.74, 6) is 0.385. The van der Waals surface area contributed by atoms with Crippen LogP contribution in [0, 0.1) is 11.3 Å². The molecule has 1 aliphatic carbocycles. The van der Waals surface area contributed by atoms with Gasteiger partial charge in [-0.15, -0.1) is 0 Å². The van der Waals surface area contributed by atoms with E-state index in [-0.39, 0.29) is 0 Å². The van der Waals surface area contributed by atoms with E-state index in [9.17, 15) is 0 Å². The Hall–Kier alpha value is -0.300. The fourth-order valence-electron chi connectivity index (χ4n) is 2.00. The van der Waals surface area contributed by atoms with Crippen molar-refractivity contribution in [3.8, 4) is 0 Å². The second kappa shape index (κ2) is 2.98. The molecule has 64 valence electrons. The van der Waals surface area contributed by atoms with Gasteiger partial charge in [0.25, 0.3) is 0 Å². The maximum atomic E-state index is 9.16. The molecule has 1 unspecified atom stereocenters. The van der Waals surface area contributed by atoms with Crippen molar-refractivity contribution >= 4 is 0 Å². The number of rotatable bonds is 1. The van der Waals surface area contributed by atoms with Crippen LogP contribution < -0.4 is 0 Å². The van der Waals surface area contributed by atoms with Crippen molar-refractivity contribution in [1.29, 1.82) is 0 Å². The van der Waals surface area contributed by atoms with E-state index in [1.807, 2.05) is 0 Å². The van der Waals surface area contributed by atoms with E-state index in [1.165, 1.54) is 18.4 Å². The van der Waals surface area contributed by atoms with E-state index in [0.717, 1.165) is 0 Å². The van der Waals surface area contributed by atoms with E-state index < -0.39 is 0 Å². The summed E-state index contributed by atoms with van der Waals surface area (Å²) >= 11 is 0. The molecule has 0 heterocycles. The van der Waals surface area contributed by atoms with Gasteiger partial charge in [0.05, 0.1) is 6.61 Å². The van der Waals surface area contributed by atoms with Crippen LogP contribution in [0.2, 0.25) is 0 Å². The second-order valence-electron chi connectivity index (χ2n) is 4.21. The van der Waals surface area contributed by atoms with Crippen LogP contribution in [-0.2, 0) is 0 Å². The monoisotopic (exact) mass is 154 g/mol. The molecule has 0 saturated heterocycles. The Balaban J connectivity index is 2.80. The molecular weight excluding hydrogens is 136 g/mol. The molecule has 1 heteroatoms. The minimum atomic E-state index is 0.299. The van der Waals surface area contributed by atoms with Gasteiger partial charge >= 0.3 is 0 Å². The van der Waals surface area contributed by atoms with Crippen LogP contribution in [0.1, 0.15) is 33.6 Å². The van der Waals surface area contributed by atoms with Gasteiger partial charge in [0.15, 0.2) is 0 Å². The highest BCUT2D eigenvalue weighted by Crippen LogP contribution is 2.40. The van der Waals surface area contributed by atoms with Crippen LogP contribution in [0.5, 0.6) is 0 Å². The normalized spacial score (nSPS) is 29.8. The Labute approximate surface area is 69.1 Å². The SMILES string of the molecule is CC1=CCCC(C)(C)C1CO. The van der Waals surface area contributed by atoms with E-state index in [1.54, 1.807) is 0 Å². The molecular formula is C10H18O. The summed E-state index contributed by atoms with van der Waals surface area (Å²) in [5, 5.41) is 9.16. The molecule has 0 spiro atoms. The van der Waals surface area contributed by atoms with Crippen LogP contribution in [0.25, 0.3) is 0 Å². The fraction of sp³-hybridized carbons (Fsp3) is 0.800. The molecule has 0 bridgehead atoms. The van der Waals surface area contributed by atoms with E-state index in [4.69, 9.17) is 5.11 Å². The van der Waals surface area contributed by atoms with E-state index in [2.05, 4.69) is 26.8 Å². The first-order valence-corrected chi connectivity index (χ1v) is 4.35. The van der Waals surface area contributed by atoms with Crippen LogP contribution in [0.15, 0.2) is 11.6 Å². The van der Waals surface area contributed by atoms with Crippen LogP contribution >= 0.6 is 0 Å². The van der Waals surface area contributed by atoms with E-state index in [0.29, 0.717) is 17.9 Å². The maximum Gasteiger partial charge on any atom is 0.0501 e. The lowest BCUT2D eigenvalue weighted by atomic mass is 9.69. The summed E-state index contributed by atoms with van der Waals surface area (Å²) in [6, 6.07) is 0. The van der Waals surface area contributed by atoms with Crippen molar-refractivity contribution in [3.63, 3.8) is 0 Å². The van der Waals surface area contributed by atoms with Crippen molar-refractivity contribution in [2.24, 2.45) is 11.3 Å². The number of hydrogen-bond donors (Lipinski definition) is 1. The van der Waals surface area contributed by atoms with Crippen LogP contribution in [0.3, 0.4) is 0 Å². The first kappa shape index (κ1) is 8.79. The molecule has 1 nitrogen and oxygen atoms in total. The molecule has 0 aliphatic heterocycles. The second-order valence-corrected chi connectivity index (χ2v) is 4.21. The van der Waals surface area contributed by atoms with Crippen molar-refractivity contribution in [2.45, 2.75) is 33.6 Å². The highest BCUT2D eigenvalue weighted by atomic mass is 16.3. The molecule has 1 aliphatic rings. The van der Waals surface area contributed by atoms with Crippen molar-refractivity contribution in [2.75, 3.05) is 6.61 Å². The first-order valence-electron chi connectivity index (χ1n) is 4.35. The number of hydrogen-bond acceptors (Lipinski definition) is 1. The number of aliphatic hydroxyl groups excluding tert-OH is 1. The smallest absolute Gasteiger partial charge is 0.0501 e. The van der Waals surface area contributed by atoms with Crippen molar-refractivity contribution in [1.82, 2.24) is 0 Å². The zero-order chi connectivity index (χ0) is 8.48. The molecule has 0 radical (unpaired) electrons. The van der Waals surface area contributed by atoms with Gasteiger partial charge < -0.3 is 5.11 Å². The van der Waals surface area contributed by atoms with Gasteiger partial charge in [-0.2, -0.15) is 0 Å². The molecule has 0 amide bonds. The Bertz CT molecular complexity index is 168. The highest BCUT2D eigenvalue weighted by Gasteiger charge is 2.31. The first-order chi connectivity index (χ1) is 5.08. The Kier molecular flexibility index (Phi) is 2.38. The Morgan fingerprint density at radius 3 is 2.64 bits per heavy atom. The molecule has 0 aromatic carbocycles. The molecule has 11 heavy (non-hydrogen) atoms. The third-order valence-corrected chi connectivity index (χ3v) is 2.93. The Morgan fingerprint density at radius 2 is 2.27 bits per heavy atom. The summed E-state index contributed by atoms with van der Waals surface area (Å²) in [7, 11) is 0. The summed E-state index contributed by atoms with van der Waals surface area (Å²) < 4.78 is 0. The van der Waals surface area contributed by atoms with Gasteiger partial charge in [0.2, 0.25) is 0 Å². The summed E-state index contributed by atoms with van der Waals surface area (Å²) in [6.07, 6.45) is 4.64. The molecule has 0 fully saturated rings. The molecule has 1 rings (SSSR count). The number of aliphatic hydroxyl groups is 1. The molecule has 0 saturated carbocycles. The summed E-state index contributed by atoms with van der Waals surface area (Å²) in [4.78, 5) is 0. The predicted octanol–water partition coefficient (Wildman–Crippen LogP) is 2.36. The molecule has 0 aromatic rings. The number of allylic oxidation sites excluding steroid dienone is 1. The summed E-state index contributed by atoms with van der Waals surface area (Å²) in [6.45, 7) is 6.91. The van der Waals surface area contributed by atoms with Crippen molar-refractivity contribution < 1.29 is 5.11 Å². The topological polar surface area (TPSA) is 20.2 Å². The zero-order valence-corrected chi connectivity index (χ0v) is 7.72.